The van der Waals surface area contributed by atoms with E-state index in [0.717, 1.165) is 44.3 Å². The maximum atomic E-state index is 12.1. The molecule has 23 heavy (non-hydrogen) atoms. The number of nitrogens with zero attached hydrogens (tertiary/aromatic N) is 1. The minimum Gasteiger partial charge on any atom is -0.465 e. The third kappa shape index (κ3) is 5.04. The number of carbonyl (C=O) groups is 2. The van der Waals surface area contributed by atoms with Gasteiger partial charge in [-0.1, -0.05) is 13.3 Å². The van der Waals surface area contributed by atoms with Gasteiger partial charge < -0.3 is 10.1 Å². The number of hydrogen-bond acceptors (Lipinski definition) is 5. The average Bonchev–Trinajstić information content (AvgIpc) is 3.08. The third-order valence-corrected chi connectivity index (χ3v) is 4.89. The van der Waals surface area contributed by atoms with Crippen LogP contribution in [0.4, 0.5) is 0 Å². The Labute approximate surface area is 142 Å². The quantitative estimate of drug-likeness (QED) is 0.777. The first kappa shape index (κ1) is 17.9. The molecule has 6 heteroatoms. The van der Waals surface area contributed by atoms with Gasteiger partial charge in [-0.05, 0) is 37.6 Å². The largest absolute Gasteiger partial charge is 0.465 e. The fourth-order valence-electron chi connectivity index (χ4n) is 2.98. The molecule has 1 aliphatic heterocycles. The van der Waals surface area contributed by atoms with E-state index in [4.69, 9.17) is 4.74 Å². The second-order valence-corrected chi connectivity index (χ2v) is 6.63. The molecule has 1 fully saturated rings. The number of ether oxygens (including phenoxy) is 1. The van der Waals surface area contributed by atoms with E-state index in [1.54, 1.807) is 0 Å². The highest BCUT2D eigenvalue weighted by atomic mass is 32.1. The van der Waals surface area contributed by atoms with Crippen molar-refractivity contribution in [3.63, 3.8) is 0 Å². The predicted octanol–water partition coefficient (Wildman–Crippen LogP) is 2.67. The molecule has 2 rings (SSSR count). The van der Waals surface area contributed by atoms with Crippen LogP contribution in [0.1, 0.15) is 49.9 Å². The summed E-state index contributed by atoms with van der Waals surface area (Å²) in [5.74, 6) is -0.115. The van der Waals surface area contributed by atoms with Crippen molar-refractivity contribution in [2.24, 2.45) is 0 Å². The van der Waals surface area contributed by atoms with Gasteiger partial charge in [0.1, 0.15) is 6.04 Å². The predicted molar refractivity (Wildman–Crippen MR) is 91.7 cm³/mol. The van der Waals surface area contributed by atoms with Gasteiger partial charge in [-0.15, -0.1) is 0 Å². The number of rotatable bonds is 7. The summed E-state index contributed by atoms with van der Waals surface area (Å²) in [6.07, 6.45) is 3.52. The number of thiophene rings is 1. The van der Waals surface area contributed by atoms with E-state index in [1.165, 1.54) is 11.3 Å². The van der Waals surface area contributed by atoms with Crippen LogP contribution >= 0.6 is 11.3 Å². The summed E-state index contributed by atoms with van der Waals surface area (Å²) >= 11 is 1.53. The average molecular weight is 338 g/mol. The van der Waals surface area contributed by atoms with Gasteiger partial charge in [0.15, 0.2) is 0 Å². The second kappa shape index (κ2) is 9.03. The number of piperidine rings is 1. The molecule has 5 nitrogen and oxygen atoms in total. The van der Waals surface area contributed by atoms with E-state index in [-0.39, 0.29) is 24.0 Å². The molecule has 0 aliphatic carbocycles. The number of carbonyl (C=O) groups excluding carboxylic acids is 2. The van der Waals surface area contributed by atoms with Gasteiger partial charge in [0, 0.05) is 30.1 Å². The number of nitrogens with one attached hydrogen (secondary N) is 1. The van der Waals surface area contributed by atoms with Gasteiger partial charge in [-0.3, -0.25) is 14.5 Å². The topological polar surface area (TPSA) is 58.6 Å². The highest BCUT2D eigenvalue weighted by Gasteiger charge is 2.30. The minimum absolute atomic E-state index is 0.000186. The molecule has 0 bridgehead atoms. The zero-order valence-electron chi connectivity index (χ0n) is 13.9. The van der Waals surface area contributed by atoms with Crippen LogP contribution < -0.4 is 5.32 Å². The van der Waals surface area contributed by atoms with Crippen molar-refractivity contribution in [1.82, 2.24) is 10.2 Å². The molecule has 1 aromatic rings. The molecule has 1 saturated heterocycles. The SMILES string of the molecule is CCC[C@@H](C(=O)OCC)N1CCC(NC(=O)c2ccsc2)CC1. The summed E-state index contributed by atoms with van der Waals surface area (Å²) < 4.78 is 5.20. The van der Waals surface area contributed by atoms with Crippen molar-refractivity contribution in [3.8, 4) is 0 Å². The smallest absolute Gasteiger partial charge is 0.323 e. The molecule has 0 unspecified atom stereocenters. The lowest BCUT2D eigenvalue weighted by atomic mass is 10.0. The number of esters is 1. The third-order valence-electron chi connectivity index (χ3n) is 4.21. The van der Waals surface area contributed by atoms with Crippen LogP contribution in [0.3, 0.4) is 0 Å². The van der Waals surface area contributed by atoms with Crippen LogP contribution in [0.5, 0.6) is 0 Å². The van der Waals surface area contributed by atoms with E-state index in [2.05, 4.69) is 17.1 Å². The van der Waals surface area contributed by atoms with Crippen LogP contribution in [0.25, 0.3) is 0 Å². The Hall–Kier alpha value is -1.40. The van der Waals surface area contributed by atoms with Crippen molar-refractivity contribution < 1.29 is 14.3 Å². The monoisotopic (exact) mass is 338 g/mol. The molecule has 1 N–H and O–H groups in total. The Morgan fingerprint density at radius 2 is 2.13 bits per heavy atom. The zero-order valence-corrected chi connectivity index (χ0v) is 14.7. The number of hydrogen-bond donors (Lipinski definition) is 1. The molecule has 1 amide bonds. The van der Waals surface area contributed by atoms with Gasteiger partial charge in [-0.2, -0.15) is 11.3 Å². The summed E-state index contributed by atoms with van der Waals surface area (Å²) in [4.78, 5) is 26.4. The Morgan fingerprint density at radius 3 is 2.70 bits per heavy atom. The number of amides is 1. The maximum Gasteiger partial charge on any atom is 0.323 e. The van der Waals surface area contributed by atoms with E-state index in [9.17, 15) is 9.59 Å². The van der Waals surface area contributed by atoms with Crippen LogP contribution in [-0.4, -0.2) is 48.6 Å². The highest BCUT2D eigenvalue weighted by Crippen LogP contribution is 2.18. The van der Waals surface area contributed by atoms with Gasteiger partial charge in [-0.25, -0.2) is 0 Å². The van der Waals surface area contributed by atoms with Gasteiger partial charge in [0.05, 0.1) is 6.61 Å². The molecular formula is C17H26N2O3S. The summed E-state index contributed by atoms with van der Waals surface area (Å²) in [7, 11) is 0. The van der Waals surface area contributed by atoms with E-state index >= 15 is 0 Å². The fourth-order valence-corrected chi connectivity index (χ4v) is 3.62. The summed E-state index contributed by atoms with van der Waals surface area (Å²) in [5.41, 5.74) is 0.729. The summed E-state index contributed by atoms with van der Waals surface area (Å²) in [6.45, 7) is 5.98. The van der Waals surface area contributed by atoms with Gasteiger partial charge in [0.2, 0.25) is 0 Å². The van der Waals surface area contributed by atoms with Crippen molar-refractivity contribution in [3.05, 3.63) is 22.4 Å². The van der Waals surface area contributed by atoms with Gasteiger partial charge in [0.25, 0.3) is 5.91 Å². The van der Waals surface area contributed by atoms with Crippen molar-refractivity contribution >= 4 is 23.2 Å². The molecule has 0 aromatic carbocycles. The first-order valence-corrected chi connectivity index (χ1v) is 9.33. The lowest BCUT2D eigenvalue weighted by molar-refractivity contribution is -0.150. The first-order chi connectivity index (χ1) is 11.2. The second-order valence-electron chi connectivity index (χ2n) is 5.85. The lowest BCUT2D eigenvalue weighted by Gasteiger charge is -2.36. The van der Waals surface area contributed by atoms with Crippen molar-refractivity contribution in [2.75, 3.05) is 19.7 Å². The molecular weight excluding hydrogens is 312 g/mol. The molecule has 1 aliphatic rings. The Bertz CT molecular complexity index is 496. The maximum absolute atomic E-state index is 12.1. The van der Waals surface area contributed by atoms with Crippen molar-refractivity contribution in [2.45, 2.75) is 51.6 Å². The Balaban J connectivity index is 1.84. The number of likely N-dealkylation sites (tertiary alicyclic amines) is 1. The van der Waals surface area contributed by atoms with Crippen LogP contribution in [-0.2, 0) is 9.53 Å². The summed E-state index contributed by atoms with van der Waals surface area (Å²) in [5, 5.41) is 6.86. The first-order valence-electron chi connectivity index (χ1n) is 8.39. The molecule has 128 valence electrons. The standard InChI is InChI=1S/C17H26N2O3S/c1-3-5-15(17(21)22-4-2)19-9-6-14(7-10-19)18-16(20)13-8-11-23-12-13/h8,11-12,14-15H,3-7,9-10H2,1-2H3,(H,18,20)/t15-/m0/s1. The zero-order chi connectivity index (χ0) is 16.7. The Morgan fingerprint density at radius 1 is 1.39 bits per heavy atom. The molecule has 2 heterocycles. The Kier molecular flexibility index (Phi) is 7.05. The van der Waals surface area contributed by atoms with Crippen LogP contribution in [0.2, 0.25) is 0 Å². The normalized spacial score (nSPS) is 17.7. The lowest BCUT2D eigenvalue weighted by Crippen LogP contribution is -2.50. The van der Waals surface area contributed by atoms with E-state index in [0.29, 0.717) is 6.61 Å². The van der Waals surface area contributed by atoms with Gasteiger partial charge >= 0.3 is 5.97 Å². The van der Waals surface area contributed by atoms with E-state index < -0.39 is 0 Å². The molecule has 0 radical (unpaired) electrons. The minimum atomic E-state index is -0.145. The van der Waals surface area contributed by atoms with E-state index in [1.807, 2.05) is 23.8 Å². The van der Waals surface area contributed by atoms with Crippen molar-refractivity contribution in [1.29, 1.82) is 0 Å². The molecule has 0 spiro atoms. The molecule has 1 atom stereocenters. The summed E-state index contributed by atoms with van der Waals surface area (Å²) in [6, 6.07) is 1.88. The molecule has 1 aromatic heterocycles. The highest BCUT2D eigenvalue weighted by molar-refractivity contribution is 7.08. The fraction of sp³-hybridized carbons (Fsp3) is 0.647. The van der Waals surface area contributed by atoms with Crippen LogP contribution in [0, 0.1) is 0 Å². The van der Waals surface area contributed by atoms with Crippen LogP contribution in [0.15, 0.2) is 16.8 Å². The molecule has 0 saturated carbocycles.